The summed E-state index contributed by atoms with van der Waals surface area (Å²) in [5, 5.41) is 10.3. The highest BCUT2D eigenvalue weighted by Gasteiger charge is 2.26. The number of nitrogens with zero attached hydrogens (tertiary/aromatic N) is 4. The average Bonchev–Trinajstić information content (AvgIpc) is 2.97. The van der Waals surface area contributed by atoms with Crippen LogP contribution >= 0.6 is 0 Å². The SMILES string of the molecule is CC(C)c1ccc(-n2cc(N3CCC(=O)NC3=O)nn2)cc1.[HH]. The minimum Gasteiger partial charge on any atom is -0.278 e. The van der Waals surface area contributed by atoms with Gasteiger partial charge in [0, 0.05) is 14.4 Å². The van der Waals surface area contributed by atoms with E-state index in [-0.39, 0.29) is 13.8 Å². The molecule has 1 saturated heterocycles. The number of hydrogen-bond donors (Lipinski definition) is 1. The van der Waals surface area contributed by atoms with Gasteiger partial charge in [-0.2, -0.15) is 0 Å². The number of nitrogens with one attached hydrogen (secondary N) is 1. The summed E-state index contributed by atoms with van der Waals surface area (Å²) in [6.07, 6.45) is 1.95. The molecule has 116 valence electrons. The monoisotopic (exact) mass is 301 g/mol. The van der Waals surface area contributed by atoms with Gasteiger partial charge in [-0.25, -0.2) is 9.48 Å². The van der Waals surface area contributed by atoms with Crippen LogP contribution in [0.2, 0.25) is 0 Å². The fraction of sp³-hybridized carbons (Fsp3) is 0.333. The molecular formula is C15H19N5O2. The summed E-state index contributed by atoms with van der Waals surface area (Å²) in [4.78, 5) is 24.4. The number of urea groups is 1. The Balaban J connectivity index is 0.00000192. The number of carbonyl (C=O) groups is 2. The van der Waals surface area contributed by atoms with E-state index in [1.165, 1.54) is 10.5 Å². The van der Waals surface area contributed by atoms with E-state index < -0.39 is 6.03 Å². The Morgan fingerprint density at radius 2 is 1.95 bits per heavy atom. The Kier molecular flexibility index (Phi) is 3.62. The highest BCUT2D eigenvalue weighted by Crippen LogP contribution is 2.18. The summed E-state index contributed by atoms with van der Waals surface area (Å²) in [7, 11) is 0. The summed E-state index contributed by atoms with van der Waals surface area (Å²) in [6, 6.07) is 7.57. The zero-order valence-electron chi connectivity index (χ0n) is 12.5. The molecule has 1 fully saturated rings. The van der Waals surface area contributed by atoms with Gasteiger partial charge in [-0.15, -0.1) is 5.10 Å². The van der Waals surface area contributed by atoms with Gasteiger partial charge in [-0.05, 0) is 23.6 Å². The molecule has 7 nitrogen and oxygen atoms in total. The van der Waals surface area contributed by atoms with E-state index in [1.54, 1.807) is 10.9 Å². The van der Waals surface area contributed by atoms with Crippen molar-refractivity contribution in [2.45, 2.75) is 26.2 Å². The lowest BCUT2D eigenvalue weighted by Crippen LogP contribution is -2.49. The number of aromatic nitrogens is 3. The highest BCUT2D eigenvalue weighted by atomic mass is 16.2. The summed E-state index contributed by atoms with van der Waals surface area (Å²) in [5.41, 5.74) is 2.12. The van der Waals surface area contributed by atoms with Gasteiger partial charge in [0.15, 0.2) is 5.82 Å². The maximum absolute atomic E-state index is 11.8. The van der Waals surface area contributed by atoms with Gasteiger partial charge in [0.05, 0.1) is 11.9 Å². The summed E-state index contributed by atoms with van der Waals surface area (Å²) in [5.74, 6) is 0.630. The van der Waals surface area contributed by atoms with Gasteiger partial charge < -0.3 is 0 Å². The van der Waals surface area contributed by atoms with Gasteiger partial charge in [-0.1, -0.05) is 31.2 Å². The van der Waals surface area contributed by atoms with Crippen molar-refractivity contribution in [3.63, 3.8) is 0 Å². The second kappa shape index (κ2) is 5.59. The van der Waals surface area contributed by atoms with Gasteiger partial charge in [-0.3, -0.25) is 15.0 Å². The first-order valence-electron chi connectivity index (χ1n) is 7.18. The number of rotatable bonds is 3. The van der Waals surface area contributed by atoms with Crippen molar-refractivity contribution in [1.82, 2.24) is 20.3 Å². The molecule has 0 bridgehead atoms. The van der Waals surface area contributed by atoms with Crippen LogP contribution in [-0.4, -0.2) is 33.5 Å². The van der Waals surface area contributed by atoms with Crippen LogP contribution in [0.25, 0.3) is 5.69 Å². The Labute approximate surface area is 129 Å². The number of hydrogen-bond acceptors (Lipinski definition) is 4. The third kappa shape index (κ3) is 2.69. The minimum atomic E-state index is -0.460. The fourth-order valence-corrected chi connectivity index (χ4v) is 2.30. The molecule has 0 spiro atoms. The number of anilines is 1. The quantitative estimate of drug-likeness (QED) is 0.941. The average molecular weight is 301 g/mol. The molecule has 3 amide bonds. The first kappa shape index (κ1) is 14.2. The Morgan fingerprint density at radius 3 is 2.59 bits per heavy atom. The lowest BCUT2D eigenvalue weighted by molar-refractivity contribution is -0.120. The largest absolute Gasteiger partial charge is 0.329 e. The van der Waals surface area contributed by atoms with Crippen molar-refractivity contribution in [3.8, 4) is 5.69 Å². The van der Waals surface area contributed by atoms with Crippen molar-refractivity contribution in [3.05, 3.63) is 36.0 Å². The van der Waals surface area contributed by atoms with Crippen molar-refractivity contribution in [2.75, 3.05) is 11.4 Å². The molecule has 0 saturated carbocycles. The predicted molar refractivity (Wildman–Crippen MR) is 83.1 cm³/mol. The van der Waals surface area contributed by atoms with Crippen LogP contribution in [0.4, 0.5) is 10.6 Å². The molecule has 2 aromatic rings. The maximum Gasteiger partial charge on any atom is 0.329 e. The van der Waals surface area contributed by atoms with Gasteiger partial charge in [0.25, 0.3) is 0 Å². The van der Waals surface area contributed by atoms with Gasteiger partial charge in [0.2, 0.25) is 5.91 Å². The van der Waals surface area contributed by atoms with Crippen LogP contribution in [0, 0.1) is 0 Å². The van der Waals surface area contributed by atoms with Gasteiger partial charge >= 0.3 is 6.03 Å². The fourth-order valence-electron chi connectivity index (χ4n) is 2.30. The Morgan fingerprint density at radius 1 is 1.23 bits per heavy atom. The maximum atomic E-state index is 11.8. The Hall–Kier alpha value is -2.70. The minimum absolute atomic E-state index is 0. The second-order valence-electron chi connectivity index (χ2n) is 5.52. The number of carbonyl (C=O) groups excluding carboxylic acids is 2. The van der Waals surface area contributed by atoms with Crippen LogP contribution in [0.5, 0.6) is 0 Å². The molecule has 3 rings (SSSR count). The predicted octanol–water partition coefficient (Wildman–Crippen LogP) is 2.08. The van der Waals surface area contributed by atoms with Crippen molar-refractivity contribution in [2.24, 2.45) is 0 Å². The standard InChI is InChI=1S/C15H17N5O2.H2/c1-10(2)11-3-5-12(6-4-11)20-9-13(17-18-20)19-8-7-14(21)16-15(19)22;/h3-6,9-10H,7-8H2,1-2H3,(H,16,21,22);1H. The zero-order chi connectivity index (χ0) is 15.7. The lowest BCUT2D eigenvalue weighted by atomic mass is 10.0. The molecule has 2 heterocycles. The molecule has 0 atom stereocenters. The smallest absolute Gasteiger partial charge is 0.278 e. The first-order chi connectivity index (χ1) is 10.5. The van der Waals surface area contributed by atoms with Crippen LogP contribution in [-0.2, 0) is 4.79 Å². The number of benzene rings is 1. The van der Waals surface area contributed by atoms with Crippen molar-refractivity contribution < 1.29 is 11.0 Å². The molecule has 1 aromatic heterocycles. The molecule has 22 heavy (non-hydrogen) atoms. The highest BCUT2D eigenvalue weighted by molar-refractivity contribution is 6.05. The van der Waals surface area contributed by atoms with Crippen LogP contribution in [0.3, 0.4) is 0 Å². The topological polar surface area (TPSA) is 80.1 Å². The summed E-state index contributed by atoms with van der Waals surface area (Å²) < 4.78 is 1.61. The van der Waals surface area contributed by atoms with Crippen LogP contribution in [0.1, 0.15) is 33.2 Å². The van der Waals surface area contributed by atoms with Crippen LogP contribution < -0.4 is 10.2 Å². The van der Waals surface area contributed by atoms with E-state index in [0.717, 1.165) is 5.69 Å². The molecule has 1 aliphatic heterocycles. The van der Waals surface area contributed by atoms with E-state index >= 15 is 0 Å². The lowest BCUT2D eigenvalue weighted by Gasteiger charge is -2.23. The van der Waals surface area contributed by atoms with E-state index in [1.807, 2.05) is 24.3 Å². The van der Waals surface area contributed by atoms with Crippen molar-refractivity contribution in [1.29, 1.82) is 0 Å². The number of amides is 3. The molecule has 0 aliphatic carbocycles. The normalized spacial score (nSPS) is 15.3. The van der Waals surface area contributed by atoms with Gasteiger partial charge in [0.1, 0.15) is 0 Å². The third-order valence-electron chi connectivity index (χ3n) is 3.64. The van der Waals surface area contributed by atoms with E-state index in [4.69, 9.17) is 0 Å². The van der Waals surface area contributed by atoms with E-state index in [9.17, 15) is 9.59 Å². The van der Waals surface area contributed by atoms with Crippen LogP contribution in [0.15, 0.2) is 30.5 Å². The van der Waals surface area contributed by atoms with E-state index in [2.05, 4.69) is 29.5 Å². The summed E-state index contributed by atoms with van der Waals surface area (Å²) >= 11 is 0. The molecule has 7 heteroatoms. The molecular weight excluding hydrogens is 282 g/mol. The van der Waals surface area contributed by atoms with Crippen molar-refractivity contribution >= 4 is 17.8 Å². The first-order valence-corrected chi connectivity index (χ1v) is 7.18. The Bertz CT molecular complexity index is 711. The zero-order valence-corrected chi connectivity index (χ0v) is 12.5. The molecule has 1 aromatic carbocycles. The summed E-state index contributed by atoms with van der Waals surface area (Å²) in [6.45, 7) is 4.59. The van der Waals surface area contributed by atoms with E-state index in [0.29, 0.717) is 18.3 Å². The molecule has 1 N–H and O–H groups in total. The molecule has 0 radical (unpaired) electrons. The molecule has 1 aliphatic rings. The molecule has 0 unspecified atom stereocenters. The second-order valence-corrected chi connectivity index (χ2v) is 5.52. The number of imide groups is 1. The third-order valence-corrected chi connectivity index (χ3v) is 3.64.